The highest BCUT2D eigenvalue weighted by Crippen LogP contribution is 2.39. The van der Waals surface area contributed by atoms with Crippen molar-refractivity contribution in [1.29, 1.82) is 0 Å². The minimum atomic E-state index is -4.69. The van der Waals surface area contributed by atoms with E-state index in [1.165, 1.54) is 25.2 Å². The van der Waals surface area contributed by atoms with Crippen LogP contribution in [0.1, 0.15) is 61.9 Å². The third-order valence-corrected chi connectivity index (χ3v) is 11.6. The molecule has 6 nitrogen and oxygen atoms in total. The Balaban J connectivity index is 1.42. The van der Waals surface area contributed by atoms with Crippen LogP contribution in [0.5, 0.6) is 0 Å². The summed E-state index contributed by atoms with van der Waals surface area (Å²) in [6.07, 6.45) is -2.45. The van der Waals surface area contributed by atoms with E-state index in [4.69, 9.17) is 11.6 Å². The lowest BCUT2D eigenvalue weighted by Gasteiger charge is -2.26. The van der Waals surface area contributed by atoms with Gasteiger partial charge in [-0.15, -0.1) is 0 Å². The van der Waals surface area contributed by atoms with Gasteiger partial charge in [0.1, 0.15) is 0 Å². The summed E-state index contributed by atoms with van der Waals surface area (Å²) in [5.74, 6) is -1.78. The van der Waals surface area contributed by atoms with E-state index in [0.29, 0.717) is 24.3 Å². The van der Waals surface area contributed by atoms with Gasteiger partial charge in [-0.25, -0.2) is 17.5 Å². The first kappa shape index (κ1) is 37.8. The van der Waals surface area contributed by atoms with E-state index in [0.717, 1.165) is 49.2 Å². The molecular weight excluding hydrogens is 721 g/mol. The summed E-state index contributed by atoms with van der Waals surface area (Å²) in [6, 6.07) is 37.0. The van der Waals surface area contributed by atoms with Gasteiger partial charge in [0.25, 0.3) is 0 Å². The molecule has 0 bridgehead atoms. The van der Waals surface area contributed by atoms with Gasteiger partial charge in [0, 0.05) is 41.6 Å². The molecule has 11 heteroatoms. The molecule has 0 radical (unpaired) electrons. The Morgan fingerprint density at radius 3 is 2.02 bits per heavy atom. The summed E-state index contributed by atoms with van der Waals surface area (Å²) in [7, 11) is -2.75. The van der Waals surface area contributed by atoms with Gasteiger partial charge in [-0.3, -0.25) is 0 Å². The maximum absolute atomic E-state index is 13.8. The van der Waals surface area contributed by atoms with Gasteiger partial charge >= 0.3 is 12.1 Å². The maximum atomic E-state index is 13.8. The fourth-order valence-corrected chi connectivity index (χ4v) is 8.33. The number of carbonyl (C=O) groups is 1. The molecule has 0 atom stereocenters. The molecule has 5 aromatic carbocycles. The molecule has 274 valence electrons. The first-order valence-corrected chi connectivity index (χ1v) is 19.1. The molecule has 0 unspecified atom stereocenters. The van der Waals surface area contributed by atoms with Gasteiger partial charge < -0.3 is 9.67 Å². The molecule has 1 aromatic heterocycles. The number of aromatic carboxylic acids is 1. The molecule has 0 saturated carbocycles. The third-order valence-electron chi connectivity index (χ3n) is 9.56. The number of fused-ring (bicyclic) bond motifs is 1. The Morgan fingerprint density at radius 2 is 1.42 bits per heavy atom. The van der Waals surface area contributed by atoms with Gasteiger partial charge in [-0.2, -0.15) is 13.2 Å². The molecule has 0 spiro atoms. The molecule has 6 rings (SSSR count). The number of nitrogens with zero attached hydrogens (tertiary/aromatic N) is 2. The molecule has 0 fully saturated rings. The molecule has 0 aliphatic rings. The van der Waals surface area contributed by atoms with Crippen LogP contribution in [0.2, 0.25) is 5.02 Å². The monoisotopic (exact) mass is 758 g/mol. The van der Waals surface area contributed by atoms with Crippen molar-refractivity contribution in [3.63, 3.8) is 0 Å². The second-order valence-corrected chi connectivity index (χ2v) is 15.5. The predicted octanol–water partition coefficient (Wildman–Crippen LogP) is 9.83. The number of benzene rings is 5. The predicted molar refractivity (Wildman–Crippen MR) is 203 cm³/mol. The number of hydrogen-bond acceptors (Lipinski definition) is 3. The SMILES string of the molecule is CN(CCc1c(CCCc2ccc(C(=O)O)cc2)c2cc(Cl)ccc2n1C(c1ccccc1)c1ccccc1)S(=O)(=O)Cc1ccccc1C(F)(F)F. The van der Waals surface area contributed by atoms with Crippen LogP contribution in [-0.4, -0.2) is 42.0 Å². The van der Waals surface area contributed by atoms with Crippen molar-refractivity contribution in [3.05, 3.63) is 177 Å². The standard InChI is InChI=1S/C42H38ClF3N2O4S/c1-47(53(51,52)28-33-16-8-9-18-37(33)42(44,45)46)26-25-39-35(17-10-11-29-19-21-32(22-20-29)41(49)50)36-27-34(43)23-24-38(36)48(39)40(30-12-4-2-5-13-30)31-14-6-3-7-15-31/h2-9,12-16,18-24,27,40H,10-11,17,25-26,28H2,1H3,(H,49,50). The summed E-state index contributed by atoms with van der Waals surface area (Å²) in [5, 5.41) is 10.8. The minimum Gasteiger partial charge on any atom is -0.478 e. The van der Waals surface area contributed by atoms with Crippen molar-refractivity contribution in [1.82, 2.24) is 8.87 Å². The van der Waals surface area contributed by atoms with E-state index in [2.05, 4.69) is 28.8 Å². The zero-order valence-electron chi connectivity index (χ0n) is 28.9. The molecule has 6 aromatic rings. The Labute approximate surface area is 312 Å². The third kappa shape index (κ3) is 8.67. The number of hydrogen-bond donors (Lipinski definition) is 1. The average Bonchev–Trinajstić information content (AvgIpc) is 3.42. The van der Waals surface area contributed by atoms with E-state index < -0.39 is 33.5 Å². The van der Waals surface area contributed by atoms with Gasteiger partial charge in [0.15, 0.2) is 0 Å². The molecule has 0 saturated heterocycles. The van der Waals surface area contributed by atoms with Crippen molar-refractivity contribution in [3.8, 4) is 0 Å². The highest BCUT2D eigenvalue weighted by molar-refractivity contribution is 7.88. The Bertz CT molecular complexity index is 2270. The highest BCUT2D eigenvalue weighted by Gasteiger charge is 2.35. The first-order valence-electron chi connectivity index (χ1n) is 17.2. The van der Waals surface area contributed by atoms with Crippen molar-refractivity contribution < 1.29 is 31.5 Å². The largest absolute Gasteiger partial charge is 0.478 e. The average molecular weight is 759 g/mol. The number of carboxylic acid groups (broad SMARTS) is 1. The van der Waals surface area contributed by atoms with Gasteiger partial charge in [0.2, 0.25) is 10.0 Å². The van der Waals surface area contributed by atoms with Crippen molar-refractivity contribution in [2.24, 2.45) is 0 Å². The topological polar surface area (TPSA) is 79.6 Å². The van der Waals surface area contributed by atoms with Crippen LogP contribution < -0.4 is 0 Å². The van der Waals surface area contributed by atoms with E-state index in [1.54, 1.807) is 12.1 Å². The van der Waals surface area contributed by atoms with Crippen LogP contribution in [0, 0.1) is 0 Å². The normalized spacial score (nSPS) is 12.2. The lowest BCUT2D eigenvalue weighted by Crippen LogP contribution is -2.31. The second kappa shape index (κ2) is 16.0. The fraction of sp³-hybridized carbons (Fsp3) is 0.214. The molecule has 1 N–H and O–H groups in total. The van der Waals surface area contributed by atoms with Crippen molar-refractivity contribution in [2.45, 2.75) is 43.7 Å². The Morgan fingerprint density at radius 1 is 0.811 bits per heavy atom. The number of rotatable bonds is 14. The molecule has 0 aliphatic carbocycles. The quantitative estimate of drug-likeness (QED) is 0.120. The second-order valence-electron chi connectivity index (χ2n) is 13.0. The Hall–Kier alpha value is -4.90. The van der Waals surface area contributed by atoms with E-state index in [1.807, 2.05) is 66.7 Å². The number of alkyl halides is 3. The lowest BCUT2D eigenvalue weighted by atomic mass is 9.97. The van der Waals surface area contributed by atoms with E-state index in [-0.39, 0.29) is 30.1 Å². The summed E-state index contributed by atoms with van der Waals surface area (Å²) >= 11 is 6.62. The van der Waals surface area contributed by atoms with Crippen molar-refractivity contribution in [2.75, 3.05) is 13.6 Å². The molecule has 53 heavy (non-hydrogen) atoms. The summed E-state index contributed by atoms with van der Waals surface area (Å²) in [5.41, 5.74) is 4.74. The number of aromatic nitrogens is 1. The maximum Gasteiger partial charge on any atom is 0.416 e. The number of halogens is 4. The zero-order chi connectivity index (χ0) is 37.8. The number of aryl methyl sites for hydroxylation is 2. The number of sulfonamides is 1. The van der Waals surface area contributed by atoms with Gasteiger partial charge in [-0.05, 0) is 83.5 Å². The van der Waals surface area contributed by atoms with Gasteiger partial charge in [-0.1, -0.05) is 103 Å². The molecule has 1 heterocycles. The summed E-state index contributed by atoms with van der Waals surface area (Å²) in [6.45, 7) is 0.0144. The fourth-order valence-electron chi connectivity index (χ4n) is 6.93. The minimum absolute atomic E-state index is 0.0144. The molecular formula is C42H38ClF3N2O4S. The Kier molecular flexibility index (Phi) is 11.4. The van der Waals surface area contributed by atoms with Crippen LogP contribution in [0.25, 0.3) is 10.9 Å². The van der Waals surface area contributed by atoms with E-state index >= 15 is 0 Å². The smallest absolute Gasteiger partial charge is 0.416 e. The van der Waals surface area contributed by atoms with Gasteiger partial charge in [0.05, 0.1) is 22.9 Å². The van der Waals surface area contributed by atoms with Crippen molar-refractivity contribution >= 4 is 38.5 Å². The number of carboxylic acids is 1. The highest BCUT2D eigenvalue weighted by atomic mass is 35.5. The summed E-state index contributed by atoms with van der Waals surface area (Å²) in [4.78, 5) is 11.4. The van der Waals surface area contributed by atoms with Crippen LogP contribution in [0.15, 0.2) is 127 Å². The lowest BCUT2D eigenvalue weighted by molar-refractivity contribution is -0.138. The van der Waals surface area contributed by atoms with E-state index in [9.17, 15) is 31.5 Å². The first-order chi connectivity index (χ1) is 25.3. The number of likely N-dealkylation sites (N-methyl/N-ethyl adjacent to an activating group) is 1. The van der Waals surface area contributed by atoms with Crippen LogP contribution >= 0.6 is 11.6 Å². The molecule has 0 aliphatic heterocycles. The van der Waals surface area contributed by atoms with Crippen LogP contribution in [0.3, 0.4) is 0 Å². The molecule has 0 amide bonds. The van der Waals surface area contributed by atoms with Crippen LogP contribution in [0.4, 0.5) is 13.2 Å². The van der Waals surface area contributed by atoms with Crippen LogP contribution in [-0.2, 0) is 41.2 Å². The summed E-state index contributed by atoms with van der Waals surface area (Å²) < 4.78 is 72.0. The zero-order valence-corrected chi connectivity index (χ0v) is 30.5.